The first-order valence-electron chi connectivity index (χ1n) is 7.08. The third-order valence-electron chi connectivity index (χ3n) is 3.86. The number of ether oxygens (including phenoxy) is 1. The van der Waals surface area contributed by atoms with E-state index >= 15 is 0 Å². The zero-order valence-corrected chi connectivity index (χ0v) is 14.8. The average Bonchev–Trinajstić information content (AvgIpc) is 2.92. The van der Waals surface area contributed by atoms with Gasteiger partial charge in [0.2, 0.25) is 0 Å². The zero-order valence-electron chi connectivity index (χ0n) is 11.6. The molecular formula is C17H17Br2NO. The predicted molar refractivity (Wildman–Crippen MR) is 92.7 cm³/mol. The summed E-state index contributed by atoms with van der Waals surface area (Å²) in [6.07, 6.45) is 2.93. The van der Waals surface area contributed by atoms with Crippen molar-refractivity contribution < 1.29 is 4.74 Å². The molecule has 0 fully saturated rings. The summed E-state index contributed by atoms with van der Waals surface area (Å²) in [4.78, 5) is 0. The Kier molecular flexibility index (Phi) is 4.67. The zero-order chi connectivity index (χ0) is 14.8. The van der Waals surface area contributed by atoms with E-state index in [2.05, 4.69) is 56.1 Å². The Morgan fingerprint density at radius 1 is 1.14 bits per heavy atom. The Morgan fingerprint density at radius 2 is 2.00 bits per heavy atom. The molecule has 1 atom stereocenters. The van der Waals surface area contributed by atoms with Gasteiger partial charge in [0.1, 0.15) is 5.75 Å². The van der Waals surface area contributed by atoms with Crippen LogP contribution in [0.25, 0.3) is 0 Å². The number of rotatable bonds is 4. The van der Waals surface area contributed by atoms with Gasteiger partial charge in [-0.25, -0.2) is 0 Å². The molecule has 21 heavy (non-hydrogen) atoms. The topological polar surface area (TPSA) is 35.2 Å². The van der Waals surface area contributed by atoms with E-state index in [1.807, 2.05) is 12.1 Å². The molecule has 110 valence electrons. The molecule has 4 heteroatoms. The van der Waals surface area contributed by atoms with E-state index < -0.39 is 0 Å². The first kappa shape index (κ1) is 15.1. The molecule has 0 saturated heterocycles. The number of hydrogen-bond donors (Lipinski definition) is 1. The lowest BCUT2D eigenvalue weighted by atomic mass is 9.98. The first-order valence-corrected chi connectivity index (χ1v) is 8.67. The van der Waals surface area contributed by atoms with E-state index in [1.54, 1.807) is 0 Å². The minimum atomic E-state index is 0.0389. The maximum atomic E-state index is 6.34. The standard InChI is InChI=1S/C17H17Br2NO/c18-13-3-4-14(15(19)10-13)16(20)5-1-11-2-6-17-12(9-11)7-8-21-17/h2-4,6,9-10,16H,1,5,7-8,20H2. The number of halogens is 2. The van der Waals surface area contributed by atoms with Crippen LogP contribution in [0.15, 0.2) is 45.3 Å². The van der Waals surface area contributed by atoms with Crippen molar-refractivity contribution in [3.05, 3.63) is 62.0 Å². The summed E-state index contributed by atoms with van der Waals surface area (Å²) in [7, 11) is 0. The van der Waals surface area contributed by atoms with Gasteiger partial charge in [-0.15, -0.1) is 0 Å². The highest BCUT2D eigenvalue weighted by atomic mass is 79.9. The van der Waals surface area contributed by atoms with Gasteiger partial charge in [-0.05, 0) is 47.7 Å². The summed E-state index contributed by atoms with van der Waals surface area (Å²) in [6.45, 7) is 0.810. The second kappa shape index (κ2) is 6.51. The smallest absolute Gasteiger partial charge is 0.122 e. The Bertz CT molecular complexity index is 657. The highest BCUT2D eigenvalue weighted by Crippen LogP contribution is 2.30. The number of nitrogens with two attached hydrogens (primary N) is 1. The van der Waals surface area contributed by atoms with Gasteiger partial charge in [-0.2, -0.15) is 0 Å². The molecule has 1 aliphatic rings. The SMILES string of the molecule is NC(CCc1ccc2c(c1)CCO2)c1ccc(Br)cc1Br. The molecule has 2 aromatic carbocycles. The summed E-state index contributed by atoms with van der Waals surface area (Å²) in [5.41, 5.74) is 10.2. The van der Waals surface area contributed by atoms with Crippen molar-refractivity contribution in [1.29, 1.82) is 0 Å². The van der Waals surface area contributed by atoms with Crippen LogP contribution in [0.1, 0.15) is 29.2 Å². The fourth-order valence-corrected chi connectivity index (χ4v) is 4.02. The van der Waals surface area contributed by atoms with Crippen LogP contribution in [0.3, 0.4) is 0 Å². The molecule has 0 radical (unpaired) electrons. The van der Waals surface area contributed by atoms with Crippen LogP contribution in [0.5, 0.6) is 5.75 Å². The fraction of sp³-hybridized carbons (Fsp3) is 0.294. The number of benzene rings is 2. The normalized spacial score (nSPS) is 14.6. The Morgan fingerprint density at radius 3 is 2.81 bits per heavy atom. The first-order chi connectivity index (χ1) is 10.1. The van der Waals surface area contributed by atoms with Gasteiger partial charge in [-0.1, -0.05) is 50.1 Å². The molecule has 2 nitrogen and oxygen atoms in total. The highest BCUT2D eigenvalue weighted by Gasteiger charge is 2.14. The van der Waals surface area contributed by atoms with E-state index in [4.69, 9.17) is 10.5 Å². The minimum Gasteiger partial charge on any atom is -0.493 e. The molecule has 0 spiro atoms. The highest BCUT2D eigenvalue weighted by molar-refractivity contribution is 9.11. The Balaban J connectivity index is 1.67. The molecule has 0 aromatic heterocycles. The van der Waals surface area contributed by atoms with Crippen molar-refractivity contribution in [2.75, 3.05) is 6.61 Å². The summed E-state index contributed by atoms with van der Waals surface area (Å²) in [5.74, 6) is 1.04. The number of fused-ring (bicyclic) bond motifs is 1. The molecule has 1 unspecified atom stereocenters. The summed E-state index contributed by atoms with van der Waals surface area (Å²) >= 11 is 7.06. The van der Waals surface area contributed by atoms with Crippen LogP contribution in [-0.2, 0) is 12.8 Å². The van der Waals surface area contributed by atoms with Crippen molar-refractivity contribution in [1.82, 2.24) is 0 Å². The van der Waals surface area contributed by atoms with Crippen LogP contribution >= 0.6 is 31.9 Å². The molecule has 0 bridgehead atoms. The monoisotopic (exact) mass is 409 g/mol. The summed E-state index contributed by atoms with van der Waals surface area (Å²) < 4.78 is 7.66. The maximum Gasteiger partial charge on any atom is 0.122 e. The predicted octanol–water partition coefficient (Wildman–Crippen LogP) is 4.78. The third kappa shape index (κ3) is 3.50. The molecule has 0 aliphatic carbocycles. The second-order valence-electron chi connectivity index (χ2n) is 5.35. The van der Waals surface area contributed by atoms with Crippen LogP contribution in [0, 0.1) is 0 Å². The van der Waals surface area contributed by atoms with Gasteiger partial charge in [0, 0.05) is 21.4 Å². The van der Waals surface area contributed by atoms with E-state index in [1.165, 1.54) is 11.1 Å². The van der Waals surface area contributed by atoms with Crippen LogP contribution < -0.4 is 10.5 Å². The molecule has 1 aliphatic heterocycles. The van der Waals surface area contributed by atoms with E-state index in [-0.39, 0.29) is 6.04 Å². The minimum absolute atomic E-state index is 0.0389. The average molecular weight is 411 g/mol. The van der Waals surface area contributed by atoms with Crippen molar-refractivity contribution >= 4 is 31.9 Å². The van der Waals surface area contributed by atoms with E-state index in [0.717, 1.165) is 46.1 Å². The van der Waals surface area contributed by atoms with Crippen molar-refractivity contribution in [2.24, 2.45) is 5.73 Å². The van der Waals surface area contributed by atoms with E-state index in [9.17, 15) is 0 Å². The van der Waals surface area contributed by atoms with Crippen molar-refractivity contribution in [2.45, 2.75) is 25.3 Å². The summed E-state index contributed by atoms with van der Waals surface area (Å²) in [5, 5.41) is 0. The van der Waals surface area contributed by atoms with Gasteiger partial charge in [0.05, 0.1) is 6.61 Å². The van der Waals surface area contributed by atoms with Crippen LogP contribution in [0.4, 0.5) is 0 Å². The Hall–Kier alpha value is -0.840. The maximum absolute atomic E-state index is 6.34. The van der Waals surface area contributed by atoms with Crippen LogP contribution in [-0.4, -0.2) is 6.61 Å². The number of aryl methyl sites for hydroxylation is 1. The fourth-order valence-electron chi connectivity index (χ4n) is 2.68. The van der Waals surface area contributed by atoms with Gasteiger partial charge in [-0.3, -0.25) is 0 Å². The molecule has 0 amide bonds. The van der Waals surface area contributed by atoms with Crippen LogP contribution in [0.2, 0.25) is 0 Å². The molecular weight excluding hydrogens is 394 g/mol. The quantitative estimate of drug-likeness (QED) is 0.787. The van der Waals surface area contributed by atoms with Gasteiger partial charge in [0.25, 0.3) is 0 Å². The molecule has 2 aromatic rings. The molecule has 1 heterocycles. The van der Waals surface area contributed by atoms with Gasteiger partial charge >= 0.3 is 0 Å². The van der Waals surface area contributed by atoms with E-state index in [0.29, 0.717) is 0 Å². The Labute approximate surface area is 141 Å². The molecule has 3 rings (SSSR count). The largest absolute Gasteiger partial charge is 0.493 e. The van der Waals surface area contributed by atoms with Gasteiger partial charge in [0.15, 0.2) is 0 Å². The van der Waals surface area contributed by atoms with Crippen molar-refractivity contribution in [3.63, 3.8) is 0 Å². The second-order valence-corrected chi connectivity index (χ2v) is 7.12. The third-order valence-corrected chi connectivity index (χ3v) is 5.04. The summed E-state index contributed by atoms with van der Waals surface area (Å²) in [6, 6.07) is 12.7. The lowest BCUT2D eigenvalue weighted by Gasteiger charge is -2.14. The lowest BCUT2D eigenvalue weighted by molar-refractivity contribution is 0.357. The number of hydrogen-bond acceptors (Lipinski definition) is 2. The molecule has 2 N–H and O–H groups in total. The van der Waals surface area contributed by atoms with Crippen molar-refractivity contribution in [3.8, 4) is 5.75 Å². The lowest BCUT2D eigenvalue weighted by Crippen LogP contribution is -2.12. The molecule has 0 saturated carbocycles. The van der Waals surface area contributed by atoms with Gasteiger partial charge < -0.3 is 10.5 Å².